The highest BCUT2D eigenvalue weighted by Gasteiger charge is 2.14. The number of pyridine rings is 1. The number of halogens is 1. The molecular weight excluding hydrogens is 222 g/mol. The summed E-state index contributed by atoms with van der Waals surface area (Å²) in [5, 5.41) is 0. The van der Waals surface area contributed by atoms with Crippen molar-refractivity contribution in [1.29, 1.82) is 0 Å². The van der Waals surface area contributed by atoms with E-state index in [-0.39, 0.29) is 6.29 Å². The Labute approximate surface area is 78.1 Å². The van der Waals surface area contributed by atoms with E-state index >= 15 is 0 Å². The highest BCUT2D eigenvalue weighted by atomic mass is 79.9. The standard InChI is InChI=1S/C8H6BrNO2/c9-7-2-1-6(5-10-7)8-11-3-4-12-8/h1-5,8H. The van der Waals surface area contributed by atoms with E-state index in [1.807, 2.05) is 12.1 Å². The van der Waals surface area contributed by atoms with E-state index < -0.39 is 0 Å². The first-order valence-electron chi connectivity index (χ1n) is 3.43. The van der Waals surface area contributed by atoms with Gasteiger partial charge in [-0.15, -0.1) is 0 Å². The van der Waals surface area contributed by atoms with Gasteiger partial charge in [0.1, 0.15) is 17.1 Å². The van der Waals surface area contributed by atoms with Crippen LogP contribution in [0.15, 0.2) is 35.5 Å². The fourth-order valence-electron chi connectivity index (χ4n) is 0.923. The minimum Gasteiger partial charge on any atom is -0.455 e. The number of hydrogen-bond acceptors (Lipinski definition) is 3. The van der Waals surface area contributed by atoms with Crippen molar-refractivity contribution in [1.82, 2.24) is 4.98 Å². The van der Waals surface area contributed by atoms with Gasteiger partial charge in [0.15, 0.2) is 0 Å². The third-order valence-corrected chi connectivity index (χ3v) is 1.95. The van der Waals surface area contributed by atoms with Gasteiger partial charge in [0, 0.05) is 6.20 Å². The highest BCUT2D eigenvalue weighted by molar-refractivity contribution is 9.10. The van der Waals surface area contributed by atoms with E-state index in [1.165, 1.54) is 12.5 Å². The molecule has 1 aliphatic rings. The normalized spacial score (nSPS) is 15.8. The van der Waals surface area contributed by atoms with Crippen LogP contribution in [-0.2, 0) is 9.47 Å². The second kappa shape index (κ2) is 3.15. The van der Waals surface area contributed by atoms with Crippen LogP contribution in [0.25, 0.3) is 0 Å². The van der Waals surface area contributed by atoms with Crippen molar-refractivity contribution in [2.75, 3.05) is 0 Å². The first-order chi connectivity index (χ1) is 5.86. The summed E-state index contributed by atoms with van der Waals surface area (Å²) < 4.78 is 11.0. The zero-order valence-electron chi connectivity index (χ0n) is 6.11. The molecule has 0 N–H and O–H groups in total. The van der Waals surface area contributed by atoms with Crippen molar-refractivity contribution in [3.8, 4) is 0 Å². The molecule has 1 aromatic rings. The Balaban J connectivity index is 2.18. The van der Waals surface area contributed by atoms with Gasteiger partial charge in [0.25, 0.3) is 6.29 Å². The van der Waals surface area contributed by atoms with Crippen molar-refractivity contribution in [3.63, 3.8) is 0 Å². The van der Waals surface area contributed by atoms with Crippen LogP contribution < -0.4 is 0 Å². The maximum Gasteiger partial charge on any atom is 0.267 e. The van der Waals surface area contributed by atoms with E-state index in [4.69, 9.17) is 9.47 Å². The third kappa shape index (κ3) is 1.43. The lowest BCUT2D eigenvalue weighted by molar-refractivity contribution is -0.0248. The number of nitrogens with zero attached hydrogens (tertiary/aromatic N) is 1. The predicted molar refractivity (Wildman–Crippen MR) is 46.0 cm³/mol. The van der Waals surface area contributed by atoms with Crippen molar-refractivity contribution in [2.45, 2.75) is 6.29 Å². The fraction of sp³-hybridized carbons (Fsp3) is 0.125. The molecule has 0 bridgehead atoms. The SMILES string of the molecule is Brc1ccc(C2OC=CO2)cn1. The molecule has 2 rings (SSSR count). The van der Waals surface area contributed by atoms with Gasteiger partial charge in [0.05, 0.1) is 5.56 Å². The average Bonchev–Trinajstić information content (AvgIpc) is 2.58. The molecule has 12 heavy (non-hydrogen) atoms. The van der Waals surface area contributed by atoms with Crippen LogP contribution in [-0.4, -0.2) is 4.98 Å². The van der Waals surface area contributed by atoms with Crippen molar-refractivity contribution in [2.24, 2.45) is 0 Å². The van der Waals surface area contributed by atoms with Crippen LogP contribution in [0.3, 0.4) is 0 Å². The van der Waals surface area contributed by atoms with Gasteiger partial charge in [-0.25, -0.2) is 4.98 Å². The van der Waals surface area contributed by atoms with Gasteiger partial charge in [-0.3, -0.25) is 0 Å². The zero-order valence-corrected chi connectivity index (χ0v) is 7.69. The van der Waals surface area contributed by atoms with Crippen LogP contribution in [0.5, 0.6) is 0 Å². The van der Waals surface area contributed by atoms with Crippen LogP contribution in [0, 0.1) is 0 Å². The van der Waals surface area contributed by atoms with Crippen LogP contribution in [0.4, 0.5) is 0 Å². The number of aromatic nitrogens is 1. The van der Waals surface area contributed by atoms with Gasteiger partial charge in [0.2, 0.25) is 0 Å². The van der Waals surface area contributed by atoms with E-state index in [9.17, 15) is 0 Å². The first kappa shape index (κ1) is 7.61. The monoisotopic (exact) mass is 227 g/mol. The summed E-state index contributed by atoms with van der Waals surface area (Å²) in [7, 11) is 0. The molecule has 0 radical (unpaired) electrons. The molecule has 0 aromatic carbocycles. The molecule has 3 nitrogen and oxygen atoms in total. The van der Waals surface area contributed by atoms with Gasteiger partial charge >= 0.3 is 0 Å². The second-order valence-electron chi connectivity index (χ2n) is 2.29. The van der Waals surface area contributed by atoms with Crippen LogP contribution in [0.2, 0.25) is 0 Å². The van der Waals surface area contributed by atoms with Gasteiger partial charge in [-0.1, -0.05) is 0 Å². The lowest BCUT2D eigenvalue weighted by atomic mass is 10.3. The lowest BCUT2D eigenvalue weighted by Gasteiger charge is -2.08. The van der Waals surface area contributed by atoms with E-state index in [1.54, 1.807) is 6.20 Å². The number of rotatable bonds is 1. The topological polar surface area (TPSA) is 31.4 Å². The summed E-state index contributed by atoms with van der Waals surface area (Å²) in [5.41, 5.74) is 0.906. The molecule has 0 aliphatic carbocycles. The van der Waals surface area contributed by atoms with E-state index in [0.29, 0.717) is 0 Å². The summed E-state index contributed by atoms with van der Waals surface area (Å²) in [4.78, 5) is 4.05. The largest absolute Gasteiger partial charge is 0.455 e. The maximum atomic E-state index is 5.12. The molecule has 0 atom stereocenters. The maximum absolute atomic E-state index is 5.12. The molecule has 0 saturated carbocycles. The minimum atomic E-state index is -0.328. The molecule has 0 saturated heterocycles. The van der Waals surface area contributed by atoms with E-state index in [2.05, 4.69) is 20.9 Å². The molecule has 1 aliphatic heterocycles. The van der Waals surface area contributed by atoms with Crippen LogP contribution >= 0.6 is 15.9 Å². The van der Waals surface area contributed by atoms with Crippen molar-refractivity contribution in [3.05, 3.63) is 41.0 Å². The number of ether oxygens (including phenoxy) is 2. The molecule has 0 fully saturated rings. The summed E-state index contributed by atoms with van der Waals surface area (Å²) in [6.45, 7) is 0. The highest BCUT2D eigenvalue weighted by Crippen LogP contribution is 2.23. The molecule has 0 unspecified atom stereocenters. The molecule has 62 valence electrons. The summed E-state index contributed by atoms with van der Waals surface area (Å²) in [5.74, 6) is 0. The Kier molecular flexibility index (Phi) is 1.99. The Morgan fingerprint density at radius 1 is 1.25 bits per heavy atom. The lowest BCUT2D eigenvalue weighted by Crippen LogP contribution is -1.97. The van der Waals surface area contributed by atoms with Gasteiger partial charge < -0.3 is 9.47 Å². The molecule has 0 amide bonds. The third-order valence-electron chi connectivity index (χ3n) is 1.48. The number of hydrogen-bond donors (Lipinski definition) is 0. The van der Waals surface area contributed by atoms with Gasteiger partial charge in [-0.2, -0.15) is 0 Å². The van der Waals surface area contributed by atoms with Gasteiger partial charge in [-0.05, 0) is 28.1 Å². The summed E-state index contributed by atoms with van der Waals surface area (Å²) in [6.07, 6.45) is 4.42. The Hall–Kier alpha value is -1.03. The molecule has 4 heteroatoms. The Bertz CT molecular complexity index is 288. The first-order valence-corrected chi connectivity index (χ1v) is 4.23. The molecular formula is C8H6BrNO2. The summed E-state index contributed by atoms with van der Waals surface area (Å²) in [6, 6.07) is 3.75. The molecule has 1 aromatic heterocycles. The average molecular weight is 228 g/mol. The van der Waals surface area contributed by atoms with Crippen LogP contribution in [0.1, 0.15) is 11.9 Å². The molecule has 0 spiro atoms. The zero-order chi connectivity index (χ0) is 8.39. The Morgan fingerprint density at radius 3 is 2.58 bits per heavy atom. The quantitative estimate of drug-likeness (QED) is 0.691. The fourth-order valence-corrected chi connectivity index (χ4v) is 1.16. The van der Waals surface area contributed by atoms with Crippen molar-refractivity contribution >= 4 is 15.9 Å². The van der Waals surface area contributed by atoms with Crippen molar-refractivity contribution < 1.29 is 9.47 Å². The molecule has 2 heterocycles. The summed E-state index contributed by atoms with van der Waals surface area (Å²) >= 11 is 3.25. The smallest absolute Gasteiger partial charge is 0.267 e. The van der Waals surface area contributed by atoms with E-state index in [0.717, 1.165) is 10.2 Å². The predicted octanol–water partition coefficient (Wildman–Crippen LogP) is 2.36. The Morgan fingerprint density at radius 2 is 2.00 bits per heavy atom. The second-order valence-corrected chi connectivity index (χ2v) is 3.10. The minimum absolute atomic E-state index is 0.328.